The van der Waals surface area contributed by atoms with Gasteiger partial charge in [-0.2, -0.15) is 0 Å². The fraction of sp³-hybridized carbons (Fsp3) is 0.824. The van der Waals surface area contributed by atoms with Crippen molar-refractivity contribution in [3.63, 3.8) is 0 Å². The number of carbonyl (C=O) groups excluding carboxylic acids is 1. The molecule has 0 radical (unpaired) electrons. The van der Waals surface area contributed by atoms with Gasteiger partial charge >= 0.3 is 0 Å². The van der Waals surface area contributed by atoms with Crippen LogP contribution in [0.5, 0.6) is 0 Å². The van der Waals surface area contributed by atoms with E-state index in [0.29, 0.717) is 0 Å². The molecule has 2 fully saturated rings. The van der Waals surface area contributed by atoms with Crippen LogP contribution in [0.4, 0.5) is 0 Å². The van der Waals surface area contributed by atoms with Crippen LogP contribution in [0.3, 0.4) is 0 Å². The molecule has 114 valence electrons. The molecule has 2 atom stereocenters. The maximum atomic E-state index is 12.3. The summed E-state index contributed by atoms with van der Waals surface area (Å²) in [5.74, 6) is 1.16. The van der Waals surface area contributed by atoms with Gasteiger partial charge in [0.05, 0.1) is 12.6 Å². The average molecular weight is 279 g/mol. The topological polar surface area (TPSA) is 40.5 Å². The SMILES string of the molecule is C=CC[C@@H]1C[C@@H](CO)N(CCCC2CCCCC2)C1=O. The maximum absolute atomic E-state index is 12.3. The third-order valence-corrected chi connectivity index (χ3v) is 5.03. The Morgan fingerprint density at radius 3 is 2.70 bits per heavy atom. The molecule has 3 heteroatoms. The van der Waals surface area contributed by atoms with E-state index in [1.807, 2.05) is 11.0 Å². The van der Waals surface area contributed by atoms with Gasteiger partial charge in [-0.15, -0.1) is 6.58 Å². The first-order valence-corrected chi connectivity index (χ1v) is 8.28. The van der Waals surface area contributed by atoms with Crippen molar-refractivity contribution in [1.82, 2.24) is 4.90 Å². The van der Waals surface area contributed by atoms with Crippen LogP contribution in [0.15, 0.2) is 12.7 Å². The van der Waals surface area contributed by atoms with Crippen molar-refractivity contribution < 1.29 is 9.90 Å². The number of amides is 1. The molecule has 20 heavy (non-hydrogen) atoms. The minimum atomic E-state index is 0.0406. The summed E-state index contributed by atoms with van der Waals surface area (Å²) < 4.78 is 0. The molecule has 2 rings (SSSR count). The van der Waals surface area contributed by atoms with Gasteiger partial charge in [0.25, 0.3) is 0 Å². The zero-order valence-corrected chi connectivity index (χ0v) is 12.6. The van der Waals surface area contributed by atoms with Crippen LogP contribution < -0.4 is 0 Å². The third kappa shape index (κ3) is 3.85. The van der Waals surface area contributed by atoms with E-state index in [2.05, 4.69) is 6.58 Å². The van der Waals surface area contributed by atoms with Gasteiger partial charge in [-0.1, -0.05) is 38.2 Å². The summed E-state index contributed by atoms with van der Waals surface area (Å²) in [6.07, 6.45) is 12.6. The molecule has 0 spiro atoms. The number of hydrogen-bond donors (Lipinski definition) is 1. The highest BCUT2D eigenvalue weighted by Crippen LogP contribution is 2.30. The lowest BCUT2D eigenvalue weighted by molar-refractivity contribution is -0.132. The van der Waals surface area contributed by atoms with E-state index < -0.39 is 0 Å². The Bertz CT molecular complexity index is 323. The largest absolute Gasteiger partial charge is 0.394 e. The molecule has 1 amide bonds. The summed E-state index contributed by atoms with van der Waals surface area (Å²) in [5.41, 5.74) is 0. The molecule has 1 heterocycles. The minimum Gasteiger partial charge on any atom is -0.394 e. The van der Waals surface area contributed by atoms with Crippen molar-refractivity contribution in [2.24, 2.45) is 11.8 Å². The van der Waals surface area contributed by atoms with Crippen LogP contribution in [0.25, 0.3) is 0 Å². The lowest BCUT2D eigenvalue weighted by atomic mass is 9.86. The first kappa shape index (κ1) is 15.6. The van der Waals surface area contributed by atoms with E-state index in [0.717, 1.165) is 31.7 Å². The van der Waals surface area contributed by atoms with E-state index in [1.165, 1.54) is 38.5 Å². The van der Waals surface area contributed by atoms with Crippen LogP contribution in [0, 0.1) is 11.8 Å². The molecule has 1 aliphatic heterocycles. The Balaban J connectivity index is 1.77. The van der Waals surface area contributed by atoms with Crippen LogP contribution >= 0.6 is 0 Å². The molecule has 0 bridgehead atoms. The van der Waals surface area contributed by atoms with Crippen LogP contribution in [0.2, 0.25) is 0 Å². The van der Waals surface area contributed by atoms with Gasteiger partial charge in [0, 0.05) is 12.5 Å². The van der Waals surface area contributed by atoms with E-state index >= 15 is 0 Å². The number of nitrogens with zero attached hydrogens (tertiary/aromatic N) is 1. The molecule has 0 aromatic rings. The number of allylic oxidation sites excluding steroid dienone is 1. The van der Waals surface area contributed by atoms with Crippen molar-refractivity contribution in [3.8, 4) is 0 Å². The highest BCUT2D eigenvalue weighted by molar-refractivity contribution is 5.81. The Kier molecular flexibility index (Phi) is 6.08. The Hall–Kier alpha value is -0.830. The normalized spacial score (nSPS) is 28.1. The van der Waals surface area contributed by atoms with Gasteiger partial charge in [-0.25, -0.2) is 0 Å². The summed E-state index contributed by atoms with van der Waals surface area (Å²) in [6, 6.07) is 0.0406. The van der Waals surface area contributed by atoms with E-state index in [4.69, 9.17) is 0 Å². The second kappa shape index (κ2) is 7.82. The highest BCUT2D eigenvalue weighted by atomic mass is 16.3. The number of likely N-dealkylation sites (tertiary alicyclic amines) is 1. The number of rotatable bonds is 7. The monoisotopic (exact) mass is 279 g/mol. The van der Waals surface area contributed by atoms with Crippen molar-refractivity contribution in [2.45, 2.75) is 63.8 Å². The van der Waals surface area contributed by atoms with Crippen LogP contribution in [0.1, 0.15) is 57.8 Å². The second-order valence-corrected chi connectivity index (χ2v) is 6.47. The fourth-order valence-corrected chi connectivity index (χ4v) is 3.86. The van der Waals surface area contributed by atoms with Crippen LogP contribution in [-0.4, -0.2) is 35.1 Å². The molecule has 1 saturated heterocycles. The second-order valence-electron chi connectivity index (χ2n) is 6.47. The predicted molar refractivity (Wildman–Crippen MR) is 81.3 cm³/mol. The Morgan fingerprint density at radius 1 is 1.30 bits per heavy atom. The maximum Gasteiger partial charge on any atom is 0.226 e. The summed E-state index contributed by atoms with van der Waals surface area (Å²) in [4.78, 5) is 14.2. The molecular formula is C17H29NO2. The molecule has 2 aliphatic rings. The van der Waals surface area contributed by atoms with E-state index in [9.17, 15) is 9.90 Å². The molecule has 3 nitrogen and oxygen atoms in total. The van der Waals surface area contributed by atoms with E-state index in [-0.39, 0.29) is 24.5 Å². The Labute approximate surface area is 123 Å². The third-order valence-electron chi connectivity index (χ3n) is 5.03. The highest BCUT2D eigenvalue weighted by Gasteiger charge is 2.37. The first-order chi connectivity index (χ1) is 9.76. The summed E-state index contributed by atoms with van der Waals surface area (Å²) in [5, 5.41) is 9.47. The molecular weight excluding hydrogens is 250 g/mol. The average Bonchev–Trinajstić information content (AvgIpc) is 2.77. The standard InChI is InChI=1S/C17H29NO2/c1-2-7-15-12-16(13-19)18(17(15)20)11-6-10-14-8-4-3-5-9-14/h2,14-16,19H,1,3-13H2/t15-,16+/m1/s1. The molecule has 0 aromatic carbocycles. The summed E-state index contributed by atoms with van der Waals surface area (Å²) >= 11 is 0. The molecule has 0 aromatic heterocycles. The number of carbonyl (C=O) groups is 1. The van der Waals surface area contributed by atoms with Gasteiger partial charge in [-0.05, 0) is 31.6 Å². The lowest BCUT2D eigenvalue weighted by Gasteiger charge is -2.26. The number of aliphatic hydroxyl groups is 1. The zero-order valence-electron chi connectivity index (χ0n) is 12.6. The Morgan fingerprint density at radius 2 is 2.05 bits per heavy atom. The van der Waals surface area contributed by atoms with Crippen LogP contribution in [-0.2, 0) is 4.79 Å². The molecule has 0 unspecified atom stereocenters. The van der Waals surface area contributed by atoms with Gasteiger partial charge < -0.3 is 10.0 Å². The van der Waals surface area contributed by atoms with Gasteiger partial charge in [-0.3, -0.25) is 4.79 Å². The number of hydrogen-bond acceptors (Lipinski definition) is 2. The summed E-state index contributed by atoms with van der Waals surface area (Å²) in [7, 11) is 0. The van der Waals surface area contributed by atoms with Crippen molar-refractivity contribution in [1.29, 1.82) is 0 Å². The summed E-state index contributed by atoms with van der Waals surface area (Å²) in [6.45, 7) is 4.65. The smallest absolute Gasteiger partial charge is 0.226 e. The first-order valence-electron chi connectivity index (χ1n) is 8.28. The molecule has 1 aliphatic carbocycles. The molecule has 1 N–H and O–H groups in total. The zero-order chi connectivity index (χ0) is 14.4. The van der Waals surface area contributed by atoms with Crippen molar-refractivity contribution in [3.05, 3.63) is 12.7 Å². The van der Waals surface area contributed by atoms with Gasteiger partial charge in [0.2, 0.25) is 5.91 Å². The fourth-order valence-electron chi connectivity index (χ4n) is 3.86. The predicted octanol–water partition coefficient (Wildman–Crippen LogP) is 3.13. The van der Waals surface area contributed by atoms with Crippen molar-refractivity contribution in [2.75, 3.05) is 13.2 Å². The van der Waals surface area contributed by atoms with Gasteiger partial charge in [0.1, 0.15) is 0 Å². The molecule has 1 saturated carbocycles. The quantitative estimate of drug-likeness (QED) is 0.727. The van der Waals surface area contributed by atoms with Crippen molar-refractivity contribution >= 4 is 5.91 Å². The lowest BCUT2D eigenvalue weighted by Crippen LogP contribution is -2.36. The van der Waals surface area contributed by atoms with E-state index in [1.54, 1.807) is 0 Å². The minimum absolute atomic E-state index is 0.0406. The van der Waals surface area contributed by atoms with Gasteiger partial charge in [0.15, 0.2) is 0 Å². The number of aliphatic hydroxyl groups excluding tert-OH is 1.